The molecule has 0 radical (unpaired) electrons. The van der Waals surface area contributed by atoms with Crippen molar-refractivity contribution >= 4 is 0 Å². The van der Waals surface area contributed by atoms with Gasteiger partial charge in [0.1, 0.15) is 0 Å². The van der Waals surface area contributed by atoms with E-state index in [2.05, 4.69) is 16.9 Å². The lowest BCUT2D eigenvalue weighted by atomic mass is 10.0. The van der Waals surface area contributed by atoms with Crippen molar-refractivity contribution in [3.05, 3.63) is 17.5 Å². The van der Waals surface area contributed by atoms with E-state index in [0.717, 1.165) is 13.1 Å². The molecule has 1 aliphatic heterocycles. The first kappa shape index (κ1) is 9.68. The van der Waals surface area contributed by atoms with Gasteiger partial charge in [-0.1, -0.05) is 0 Å². The van der Waals surface area contributed by atoms with Crippen molar-refractivity contribution < 1.29 is 0 Å². The molecule has 4 heteroatoms. The molecule has 0 saturated carbocycles. The highest BCUT2D eigenvalue weighted by Gasteiger charge is 2.26. The van der Waals surface area contributed by atoms with Crippen molar-refractivity contribution in [2.45, 2.75) is 25.9 Å². The van der Waals surface area contributed by atoms with E-state index in [1.54, 1.807) is 0 Å². The zero-order chi connectivity index (χ0) is 10.1. The van der Waals surface area contributed by atoms with Gasteiger partial charge in [-0.3, -0.25) is 9.58 Å². The maximum Gasteiger partial charge on any atom is 0.0537 e. The Morgan fingerprint density at radius 1 is 1.64 bits per heavy atom. The number of likely N-dealkylation sites (tertiary alicyclic amines) is 1. The first-order valence-corrected chi connectivity index (χ1v) is 5.14. The smallest absolute Gasteiger partial charge is 0.0537 e. The van der Waals surface area contributed by atoms with Gasteiger partial charge in [0.15, 0.2) is 0 Å². The summed E-state index contributed by atoms with van der Waals surface area (Å²) in [5.74, 6) is 0. The topological polar surface area (TPSA) is 47.1 Å². The van der Waals surface area contributed by atoms with Crippen molar-refractivity contribution in [3.8, 4) is 0 Å². The molecular formula is C10H18N4. The molecule has 1 saturated heterocycles. The minimum atomic E-state index is 0.592. The van der Waals surface area contributed by atoms with Crippen LogP contribution in [0.25, 0.3) is 0 Å². The van der Waals surface area contributed by atoms with Gasteiger partial charge in [-0.15, -0.1) is 0 Å². The van der Waals surface area contributed by atoms with E-state index in [-0.39, 0.29) is 0 Å². The van der Waals surface area contributed by atoms with E-state index in [0.29, 0.717) is 6.04 Å². The minimum Gasteiger partial charge on any atom is -0.329 e. The molecule has 0 amide bonds. The third-order valence-electron chi connectivity index (χ3n) is 3.25. The minimum absolute atomic E-state index is 0.592. The van der Waals surface area contributed by atoms with Crippen LogP contribution in [0.5, 0.6) is 0 Å². The summed E-state index contributed by atoms with van der Waals surface area (Å²) in [6, 6.07) is 0.592. The molecule has 0 aromatic carbocycles. The van der Waals surface area contributed by atoms with Gasteiger partial charge in [0.2, 0.25) is 0 Å². The molecule has 2 rings (SSSR count). The second kappa shape index (κ2) is 3.71. The fraction of sp³-hybridized carbons (Fsp3) is 0.700. The van der Waals surface area contributed by atoms with E-state index in [4.69, 9.17) is 5.73 Å². The predicted molar refractivity (Wildman–Crippen MR) is 55.8 cm³/mol. The maximum absolute atomic E-state index is 5.66. The van der Waals surface area contributed by atoms with Crippen LogP contribution < -0.4 is 5.73 Å². The summed E-state index contributed by atoms with van der Waals surface area (Å²) >= 11 is 0. The Morgan fingerprint density at radius 2 is 2.43 bits per heavy atom. The summed E-state index contributed by atoms with van der Waals surface area (Å²) in [4.78, 5) is 2.42. The number of nitrogens with two attached hydrogens (primary N) is 1. The van der Waals surface area contributed by atoms with E-state index >= 15 is 0 Å². The molecule has 0 bridgehead atoms. The van der Waals surface area contributed by atoms with Crippen molar-refractivity contribution in [2.75, 3.05) is 13.1 Å². The van der Waals surface area contributed by atoms with E-state index < -0.39 is 0 Å². The zero-order valence-electron chi connectivity index (χ0n) is 8.90. The number of aryl methyl sites for hydroxylation is 1. The molecule has 1 atom stereocenters. The molecule has 0 aliphatic carbocycles. The monoisotopic (exact) mass is 194 g/mol. The van der Waals surface area contributed by atoms with Gasteiger partial charge in [0.25, 0.3) is 0 Å². The standard InChI is InChI=1S/C10H18N4/c1-8-9(6-12-13(8)2)7-14-4-3-10(14)5-11/h6,10H,3-5,7,11H2,1-2H3. The summed E-state index contributed by atoms with van der Waals surface area (Å²) < 4.78 is 1.92. The summed E-state index contributed by atoms with van der Waals surface area (Å²) in [5, 5.41) is 4.24. The highest BCUT2D eigenvalue weighted by Crippen LogP contribution is 2.20. The molecular weight excluding hydrogens is 176 g/mol. The first-order valence-electron chi connectivity index (χ1n) is 5.14. The van der Waals surface area contributed by atoms with Gasteiger partial charge in [0.05, 0.1) is 6.20 Å². The molecule has 2 N–H and O–H groups in total. The molecule has 1 aromatic rings. The second-order valence-corrected chi connectivity index (χ2v) is 4.03. The highest BCUT2D eigenvalue weighted by atomic mass is 15.3. The van der Waals surface area contributed by atoms with Gasteiger partial charge in [-0.05, 0) is 13.3 Å². The van der Waals surface area contributed by atoms with Crippen molar-refractivity contribution in [1.29, 1.82) is 0 Å². The molecule has 14 heavy (non-hydrogen) atoms. The van der Waals surface area contributed by atoms with Gasteiger partial charge >= 0.3 is 0 Å². The number of nitrogens with zero attached hydrogens (tertiary/aromatic N) is 3. The molecule has 1 unspecified atom stereocenters. The Bertz CT molecular complexity index is 316. The van der Waals surface area contributed by atoms with Crippen LogP contribution in [0.1, 0.15) is 17.7 Å². The van der Waals surface area contributed by atoms with Gasteiger partial charge < -0.3 is 5.73 Å². The van der Waals surface area contributed by atoms with E-state index in [1.807, 2.05) is 17.9 Å². The first-order chi connectivity index (χ1) is 6.72. The number of rotatable bonds is 3. The molecule has 1 fully saturated rings. The highest BCUT2D eigenvalue weighted by molar-refractivity contribution is 5.16. The van der Waals surface area contributed by atoms with Crippen molar-refractivity contribution in [1.82, 2.24) is 14.7 Å². The summed E-state index contributed by atoms with van der Waals surface area (Å²) in [6.45, 7) is 5.07. The van der Waals surface area contributed by atoms with Crippen LogP contribution in [0.2, 0.25) is 0 Å². The zero-order valence-corrected chi connectivity index (χ0v) is 8.90. The van der Waals surface area contributed by atoms with Crippen LogP contribution in [0.15, 0.2) is 6.20 Å². The summed E-state index contributed by atoms with van der Waals surface area (Å²) in [6.07, 6.45) is 3.21. The average Bonchev–Trinajstić information content (AvgIpc) is 2.44. The van der Waals surface area contributed by atoms with E-state index in [1.165, 1.54) is 24.2 Å². The fourth-order valence-electron chi connectivity index (χ4n) is 1.89. The van der Waals surface area contributed by atoms with Gasteiger partial charge in [-0.2, -0.15) is 5.10 Å². The van der Waals surface area contributed by atoms with Crippen LogP contribution in [0, 0.1) is 6.92 Å². The Morgan fingerprint density at radius 3 is 2.86 bits per heavy atom. The molecule has 4 nitrogen and oxygen atoms in total. The molecule has 1 aliphatic rings. The number of hydrogen-bond donors (Lipinski definition) is 1. The lowest BCUT2D eigenvalue weighted by Crippen LogP contribution is -2.50. The van der Waals surface area contributed by atoms with Crippen molar-refractivity contribution in [2.24, 2.45) is 12.8 Å². The van der Waals surface area contributed by atoms with Crippen LogP contribution in [-0.4, -0.2) is 33.8 Å². The lowest BCUT2D eigenvalue weighted by molar-refractivity contribution is 0.0879. The Kier molecular flexibility index (Phi) is 2.56. The molecule has 0 spiro atoms. The van der Waals surface area contributed by atoms with Crippen LogP contribution in [-0.2, 0) is 13.6 Å². The Balaban J connectivity index is 2.01. The van der Waals surface area contributed by atoms with E-state index in [9.17, 15) is 0 Å². The molecule has 78 valence electrons. The Hall–Kier alpha value is -0.870. The fourth-order valence-corrected chi connectivity index (χ4v) is 1.89. The molecule has 1 aromatic heterocycles. The lowest BCUT2D eigenvalue weighted by Gasteiger charge is -2.40. The number of hydrogen-bond acceptors (Lipinski definition) is 3. The largest absolute Gasteiger partial charge is 0.329 e. The maximum atomic E-state index is 5.66. The number of aromatic nitrogens is 2. The van der Waals surface area contributed by atoms with Gasteiger partial charge in [-0.25, -0.2) is 0 Å². The predicted octanol–water partition coefficient (Wildman–Crippen LogP) is 0.262. The third kappa shape index (κ3) is 1.55. The average molecular weight is 194 g/mol. The summed E-state index contributed by atoms with van der Waals surface area (Å²) in [7, 11) is 1.98. The van der Waals surface area contributed by atoms with Crippen molar-refractivity contribution in [3.63, 3.8) is 0 Å². The van der Waals surface area contributed by atoms with Gasteiger partial charge in [0, 0.05) is 44.0 Å². The van der Waals surface area contributed by atoms with Crippen LogP contribution in [0.3, 0.4) is 0 Å². The summed E-state index contributed by atoms with van der Waals surface area (Å²) in [5.41, 5.74) is 8.24. The quantitative estimate of drug-likeness (QED) is 0.751. The van der Waals surface area contributed by atoms with Crippen LogP contribution >= 0.6 is 0 Å². The third-order valence-corrected chi connectivity index (χ3v) is 3.25. The Labute approximate surface area is 84.7 Å². The normalized spacial score (nSPS) is 22.4. The molecule has 2 heterocycles. The SMILES string of the molecule is Cc1c(CN2CCC2CN)cnn1C. The van der Waals surface area contributed by atoms with Crippen LogP contribution in [0.4, 0.5) is 0 Å². The second-order valence-electron chi connectivity index (χ2n) is 4.03.